The Morgan fingerprint density at radius 2 is 2.00 bits per heavy atom. The van der Waals surface area contributed by atoms with Gasteiger partial charge in [0.05, 0.1) is 9.04 Å². The van der Waals surface area contributed by atoms with Gasteiger partial charge in [-0.15, -0.1) is 11.3 Å². The molecular formula is C9H12BrNO4S3. The molecule has 5 nitrogen and oxygen atoms in total. The summed E-state index contributed by atoms with van der Waals surface area (Å²) in [7, 11) is -6.74. The second-order valence-electron chi connectivity index (χ2n) is 4.16. The van der Waals surface area contributed by atoms with Gasteiger partial charge in [0.25, 0.3) is 10.0 Å². The zero-order chi connectivity index (χ0) is 13.6. The summed E-state index contributed by atoms with van der Waals surface area (Å²) in [4.78, 5) is 0. The third-order valence-electron chi connectivity index (χ3n) is 2.86. The molecule has 1 aromatic rings. The molecule has 1 aromatic heterocycles. The van der Waals surface area contributed by atoms with Crippen LogP contribution in [-0.4, -0.2) is 45.7 Å². The molecule has 0 unspecified atom stereocenters. The Balaban J connectivity index is 2.24. The molecule has 1 atom stereocenters. The van der Waals surface area contributed by atoms with Crippen molar-refractivity contribution in [2.45, 2.75) is 15.9 Å². The molecule has 0 N–H and O–H groups in total. The second kappa shape index (κ2) is 4.86. The molecule has 0 amide bonds. The maximum Gasteiger partial charge on any atom is 0.252 e. The van der Waals surface area contributed by atoms with Crippen LogP contribution in [0.25, 0.3) is 0 Å². The molecule has 0 spiro atoms. The summed E-state index contributed by atoms with van der Waals surface area (Å²) in [6.07, 6.45) is 1.51. The van der Waals surface area contributed by atoms with Crippen LogP contribution in [0.4, 0.5) is 0 Å². The van der Waals surface area contributed by atoms with Gasteiger partial charge >= 0.3 is 0 Å². The van der Waals surface area contributed by atoms with Crippen LogP contribution in [0.2, 0.25) is 0 Å². The molecule has 1 aliphatic rings. The van der Waals surface area contributed by atoms with Crippen molar-refractivity contribution < 1.29 is 16.8 Å². The lowest BCUT2D eigenvalue weighted by Gasteiger charge is -2.14. The first-order valence-electron chi connectivity index (χ1n) is 5.15. The van der Waals surface area contributed by atoms with Crippen molar-refractivity contribution in [2.75, 3.05) is 19.3 Å². The number of hydrogen-bond acceptors (Lipinski definition) is 5. The van der Waals surface area contributed by atoms with Crippen LogP contribution in [0, 0.1) is 0 Å². The van der Waals surface area contributed by atoms with Crippen molar-refractivity contribution in [1.29, 1.82) is 0 Å². The van der Waals surface area contributed by atoms with Crippen molar-refractivity contribution in [3.05, 3.63) is 15.9 Å². The lowest BCUT2D eigenvalue weighted by atomic mass is 10.4. The van der Waals surface area contributed by atoms with Gasteiger partial charge in [0.1, 0.15) is 4.21 Å². The predicted molar refractivity (Wildman–Crippen MR) is 74.0 cm³/mol. The Bertz CT molecular complexity index is 649. The van der Waals surface area contributed by atoms with E-state index >= 15 is 0 Å². The molecule has 1 aliphatic heterocycles. The molecule has 9 heteroatoms. The lowest BCUT2D eigenvalue weighted by molar-refractivity contribution is 0.478. The van der Waals surface area contributed by atoms with E-state index < -0.39 is 25.1 Å². The van der Waals surface area contributed by atoms with Gasteiger partial charge in [-0.25, -0.2) is 16.8 Å². The Labute approximate surface area is 119 Å². The van der Waals surface area contributed by atoms with E-state index in [1.807, 2.05) is 0 Å². The first-order chi connectivity index (χ1) is 8.21. The van der Waals surface area contributed by atoms with Gasteiger partial charge in [0.15, 0.2) is 9.84 Å². The van der Waals surface area contributed by atoms with E-state index in [1.54, 1.807) is 6.07 Å². The van der Waals surface area contributed by atoms with Crippen LogP contribution in [0.3, 0.4) is 0 Å². The number of thiophene rings is 1. The molecule has 102 valence electrons. The Hall–Kier alpha value is 0.0400. The predicted octanol–water partition coefficient (Wildman–Crippen LogP) is 1.32. The van der Waals surface area contributed by atoms with Crippen LogP contribution < -0.4 is 0 Å². The van der Waals surface area contributed by atoms with Crippen LogP contribution >= 0.6 is 27.3 Å². The number of halogens is 1. The molecule has 0 aliphatic carbocycles. The molecule has 1 saturated heterocycles. The summed E-state index contributed by atoms with van der Waals surface area (Å²) in [5, 5.41) is -0.587. The molecule has 0 saturated carbocycles. The van der Waals surface area contributed by atoms with Crippen LogP contribution in [0.1, 0.15) is 6.42 Å². The standard InChI is InChI=1S/C9H12BrNO4S3/c1-17(12,13)7-4-5-11(6-7)18(14,15)9-3-2-8(10)16-9/h2-3,7H,4-6H2,1H3/t7-/m1/s1. The molecule has 18 heavy (non-hydrogen) atoms. The van der Waals surface area contributed by atoms with Crippen LogP contribution in [-0.2, 0) is 19.9 Å². The fourth-order valence-corrected chi connectivity index (χ4v) is 6.57. The fraction of sp³-hybridized carbons (Fsp3) is 0.556. The van der Waals surface area contributed by atoms with Gasteiger partial charge in [-0.2, -0.15) is 4.31 Å². The summed E-state index contributed by atoms with van der Waals surface area (Å²) in [5.74, 6) is 0. The number of rotatable bonds is 3. The zero-order valence-corrected chi connectivity index (χ0v) is 13.6. The van der Waals surface area contributed by atoms with Crippen molar-refractivity contribution >= 4 is 47.1 Å². The van der Waals surface area contributed by atoms with Crippen molar-refractivity contribution in [1.82, 2.24) is 4.31 Å². The van der Waals surface area contributed by atoms with E-state index in [2.05, 4.69) is 15.9 Å². The van der Waals surface area contributed by atoms with Gasteiger partial charge in [-0.05, 0) is 34.5 Å². The maximum absolute atomic E-state index is 12.2. The second-order valence-corrected chi connectivity index (χ2v) is 11.1. The lowest BCUT2D eigenvalue weighted by Crippen LogP contribution is -2.31. The number of nitrogens with zero attached hydrogens (tertiary/aromatic N) is 1. The molecule has 0 radical (unpaired) electrons. The minimum absolute atomic E-state index is 0.0523. The van der Waals surface area contributed by atoms with E-state index in [1.165, 1.54) is 10.4 Å². The summed E-state index contributed by atoms with van der Waals surface area (Å²) < 4.78 is 49.5. The van der Waals surface area contributed by atoms with Crippen molar-refractivity contribution in [2.24, 2.45) is 0 Å². The van der Waals surface area contributed by atoms with E-state index in [4.69, 9.17) is 0 Å². The number of hydrogen-bond donors (Lipinski definition) is 0. The highest BCUT2D eigenvalue weighted by Gasteiger charge is 2.37. The largest absolute Gasteiger partial charge is 0.252 e. The highest BCUT2D eigenvalue weighted by atomic mass is 79.9. The molecule has 2 rings (SSSR count). The first kappa shape index (κ1) is 14.4. The zero-order valence-electron chi connectivity index (χ0n) is 9.54. The molecule has 1 fully saturated rings. The Morgan fingerprint density at radius 3 is 2.44 bits per heavy atom. The average molecular weight is 374 g/mol. The van der Waals surface area contributed by atoms with Gasteiger partial charge in [-0.3, -0.25) is 0 Å². The van der Waals surface area contributed by atoms with Crippen LogP contribution in [0.15, 0.2) is 20.1 Å². The third-order valence-corrected chi connectivity index (χ3v) is 8.41. The van der Waals surface area contributed by atoms with E-state index in [9.17, 15) is 16.8 Å². The third kappa shape index (κ3) is 2.79. The Kier molecular flexibility index (Phi) is 3.90. The van der Waals surface area contributed by atoms with Gasteiger partial charge in [-0.1, -0.05) is 0 Å². The molecular weight excluding hydrogens is 362 g/mol. The Morgan fingerprint density at radius 1 is 1.33 bits per heavy atom. The number of sulfone groups is 1. The van der Waals surface area contributed by atoms with Crippen molar-refractivity contribution in [3.63, 3.8) is 0 Å². The minimum Gasteiger partial charge on any atom is -0.229 e. The van der Waals surface area contributed by atoms with E-state index in [0.717, 1.165) is 21.4 Å². The summed E-state index contributed by atoms with van der Waals surface area (Å²) in [5.41, 5.74) is 0. The first-order valence-corrected chi connectivity index (χ1v) is 10.2. The number of sulfonamides is 1. The summed E-state index contributed by atoms with van der Waals surface area (Å²) in [6, 6.07) is 3.19. The molecule has 2 heterocycles. The molecule has 0 bridgehead atoms. The van der Waals surface area contributed by atoms with Crippen molar-refractivity contribution in [3.8, 4) is 0 Å². The fourth-order valence-electron chi connectivity index (χ4n) is 1.83. The van der Waals surface area contributed by atoms with Gasteiger partial charge in [0.2, 0.25) is 0 Å². The molecule has 0 aromatic carbocycles. The summed E-state index contributed by atoms with van der Waals surface area (Å²) in [6.45, 7) is 0.312. The normalized spacial score (nSPS) is 22.4. The maximum atomic E-state index is 12.2. The smallest absolute Gasteiger partial charge is 0.229 e. The quantitative estimate of drug-likeness (QED) is 0.800. The van der Waals surface area contributed by atoms with Gasteiger partial charge < -0.3 is 0 Å². The summed E-state index contributed by atoms with van der Waals surface area (Å²) >= 11 is 4.34. The van der Waals surface area contributed by atoms with E-state index in [-0.39, 0.29) is 17.3 Å². The highest BCUT2D eigenvalue weighted by molar-refractivity contribution is 9.11. The topological polar surface area (TPSA) is 71.5 Å². The minimum atomic E-state index is -3.55. The average Bonchev–Trinajstić information content (AvgIpc) is 2.83. The van der Waals surface area contributed by atoms with E-state index in [0.29, 0.717) is 6.42 Å². The van der Waals surface area contributed by atoms with Crippen LogP contribution in [0.5, 0.6) is 0 Å². The monoisotopic (exact) mass is 373 g/mol. The SMILES string of the molecule is CS(=O)(=O)[C@@H]1CCN(S(=O)(=O)c2ccc(Br)s2)C1. The highest BCUT2D eigenvalue weighted by Crippen LogP contribution is 2.30. The van der Waals surface area contributed by atoms with Gasteiger partial charge in [0, 0.05) is 19.3 Å².